The molecule has 16 N–H and O–H groups in total. The van der Waals surface area contributed by atoms with E-state index in [1.807, 2.05) is 19.9 Å². The molecule has 0 radical (unpaired) electrons. The lowest BCUT2D eigenvalue weighted by Crippen LogP contribution is -2.68. The average molecular weight is 1410 g/mol. The molecule has 38 atom stereocenters. The highest BCUT2D eigenvalue weighted by atomic mass is 16.8. The summed E-state index contributed by atoms with van der Waals surface area (Å²) in [4.78, 5) is 14.7. The maximum absolute atomic E-state index is 14.7. The van der Waals surface area contributed by atoms with E-state index >= 15 is 0 Å². The summed E-state index contributed by atoms with van der Waals surface area (Å²) >= 11 is 0. The number of ether oxygens (including phenoxy) is 14. The molecule has 11 rings (SSSR count). The van der Waals surface area contributed by atoms with Gasteiger partial charge in [-0.25, -0.2) is 0 Å². The van der Waals surface area contributed by atoms with Gasteiger partial charge in [0, 0.05) is 20.1 Å². The molecule has 0 unspecified atom stereocenters. The summed E-state index contributed by atoms with van der Waals surface area (Å²) in [5.41, 5.74) is -1.64. The van der Waals surface area contributed by atoms with Gasteiger partial charge < -0.3 is 148 Å². The van der Waals surface area contributed by atoms with E-state index in [9.17, 15) is 86.5 Å². The number of rotatable bonds is 21. The van der Waals surface area contributed by atoms with E-state index in [-0.39, 0.29) is 23.7 Å². The van der Waals surface area contributed by atoms with Crippen molar-refractivity contribution in [3.05, 3.63) is 23.8 Å². The average Bonchev–Trinajstić information content (AvgIpc) is 1.45. The van der Waals surface area contributed by atoms with Crippen LogP contribution < -0.4 is 0 Å². The fraction of sp³-hybridized carbons (Fsp3) is 0.925. The van der Waals surface area contributed by atoms with Crippen molar-refractivity contribution in [2.24, 2.45) is 45.3 Å². The molecule has 3 saturated carbocycles. The Kier molecular flexibility index (Phi) is 23.2. The van der Waals surface area contributed by atoms with Crippen molar-refractivity contribution in [2.45, 2.75) is 296 Å². The third-order valence-electron chi connectivity index (χ3n) is 25.0. The van der Waals surface area contributed by atoms with E-state index in [0.29, 0.717) is 38.5 Å². The third kappa shape index (κ3) is 12.8. The molecule has 7 heterocycles. The highest BCUT2D eigenvalue weighted by molar-refractivity contribution is 5.84. The normalized spacial score (nSPS) is 53.2. The fourth-order valence-corrected chi connectivity index (χ4v) is 19.8. The predicted octanol–water partition coefficient (Wildman–Crippen LogP) is -3.84. The molecule has 31 heteroatoms. The van der Waals surface area contributed by atoms with Gasteiger partial charge in [0.25, 0.3) is 0 Å². The monoisotopic (exact) mass is 1410 g/mol. The van der Waals surface area contributed by atoms with Gasteiger partial charge in [0.2, 0.25) is 0 Å². The van der Waals surface area contributed by atoms with Crippen LogP contribution in [0, 0.1) is 45.3 Å². The molecule has 0 amide bonds. The highest BCUT2D eigenvalue weighted by Crippen LogP contribution is 2.76. The largest absolute Gasteiger partial charge is 0.459 e. The first kappa shape index (κ1) is 76.9. The zero-order chi connectivity index (χ0) is 71.4. The first-order valence-corrected chi connectivity index (χ1v) is 34.7. The molecular formula is C67H108O31. The second kappa shape index (κ2) is 29.6. The van der Waals surface area contributed by atoms with E-state index in [0.717, 1.165) is 30.4 Å². The Morgan fingerprint density at radius 2 is 1.01 bits per heavy atom. The molecule has 0 bridgehead atoms. The van der Waals surface area contributed by atoms with Gasteiger partial charge in [-0.1, -0.05) is 44.9 Å². The highest BCUT2D eigenvalue weighted by Gasteiger charge is 2.79. The smallest absolute Gasteiger partial charge is 0.316 e. The van der Waals surface area contributed by atoms with Gasteiger partial charge in [0.15, 0.2) is 31.5 Å². The van der Waals surface area contributed by atoms with Gasteiger partial charge in [-0.05, 0) is 113 Å². The Labute approximate surface area is 569 Å². The molecule has 7 aliphatic heterocycles. The lowest BCUT2D eigenvalue weighted by atomic mass is 9.39. The lowest BCUT2D eigenvalue weighted by molar-refractivity contribution is -0.388. The second-order valence-electron chi connectivity index (χ2n) is 30.8. The van der Waals surface area contributed by atoms with Crippen LogP contribution in [-0.2, 0) is 71.1 Å². The van der Waals surface area contributed by atoms with Crippen molar-refractivity contribution < 1.29 is 153 Å². The van der Waals surface area contributed by atoms with Crippen molar-refractivity contribution in [1.82, 2.24) is 0 Å². The van der Waals surface area contributed by atoms with Crippen LogP contribution in [0.5, 0.6) is 0 Å². The molecule has 1 spiro atoms. The number of aliphatic hydroxyl groups is 16. The zero-order valence-corrected chi connectivity index (χ0v) is 57.1. The zero-order valence-electron chi connectivity index (χ0n) is 57.1. The summed E-state index contributed by atoms with van der Waals surface area (Å²) in [7, 11) is 2.38. The van der Waals surface area contributed by atoms with Crippen LogP contribution >= 0.6 is 0 Å². The molecule has 10 fully saturated rings. The summed E-state index contributed by atoms with van der Waals surface area (Å²) < 4.78 is 84.2. The van der Waals surface area contributed by atoms with Crippen LogP contribution in [0.3, 0.4) is 0 Å². The summed E-state index contributed by atoms with van der Waals surface area (Å²) in [5, 5.41) is 181. The second-order valence-corrected chi connectivity index (χ2v) is 30.8. The van der Waals surface area contributed by atoms with Gasteiger partial charge in [0.1, 0.15) is 145 Å². The quantitative estimate of drug-likeness (QED) is 0.0387. The van der Waals surface area contributed by atoms with Crippen molar-refractivity contribution in [3.8, 4) is 0 Å². The van der Waals surface area contributed by atoms with Crippen molar-refractivity contribution >= 4 is 5.97 Å². The number of cyclic esters (lactones) is 1. The number of allylic oxidation sites excluding steroid dienone is 2. The van der Waals surface area contributed by atoms with Crippen LogP contribution in [-0.4, -0.2) is 325 Å². The molecule has 31 nitrogen and oxygen atoms in total. The van der Waals surface area contributed by atoms with Gasteiger partial charge in [0.05, 0.1) is 51.3 Å². The van der Waals surface area contributed by atoms with Crippen molar-refractivity contribution in [3.63, 3.8) is 0 Å². The van der Waals surface area contributed by atoms with Crippen LogP contribution in [0.15, 0.2) is 23.8 Å². The number of esters is 1. The number of hydrogen-bond acceptors (Lipinski definition) is 31. The molecule has 0 aromatic heterocycles. The van der Waals surface area contributed by atoms with E-state index in [1.54, 1.807) is 0 Å². The van der Waals surface area contributed by atoms with Crippen molar-refractivity contribution in [1.29, 1.82) is 0 Å². The Balaban J connectivity index is 0.860. The molecule has 11 aliphatic rings. The third-order valence-corrected chi connectivity index (χ3v) is 25.0. The molecule has 98 heavy (non-hydrogen) atoms. The van der Waals surface area contributed by atoms with Gasteiger partial charge >= 0.3 is 5.97 Å². The predicted molar refractivity (Wildman–Crippen MR) is 330 cm³/mol. The van der Waals surface area contributed by atoms with Crippen molar-refractivity contribution in [2.75, 3.05) is 47.3 Å². The Bertz CT molecular complexity index is 2770. The number of carbonyl (C=O) groups is 1. The number of fused-ring (bicyclic) bond motifs is 4. The molecule has 562 valence electrons. The minimum Gasteiger partial charge on any atom is -0.459 e. The molecule has 0 aromatic carbocycles. The van der Waals surface area contributed by atoms with Crippen LogP contribution in [0.4, 0.5) is 0 Å². The number of methoxy groups -OCH3 is 2. The topological polar surface area (TPSA) is 470 Å². The van der Waals surface area contributed by atoms with Gasteiger partial charge in [-0.2, -0.15) is 0 Å². The summed E-state index contributed by atoms with van der Waals surface area (Å²) in [6, 6.07) is 0. The van der Waals surface area contributed by atoms with Crippen LogP contribution in [0.2, 0.25) is 0 Å². The van der Waals surface area contributed by atoms with E-state index in [4.69, 9.17) is 66.3 Å². The first-order chi connectivity index (χ1) is 46.3. The minimum atomic E-state index is -2.04. The number of aliphatic hydroxyl groups excluding tert-OH is 16. The molecule has 0 aromatic rings. The lowest BCUT2D eigenvalue weighted by Gasteiger charge is -2.65. The SMILES string of the molecule is C=C(C)CCC[C@]1(C)OC(=O)[C@]23[C@@H](O)C=C4[C@@H](CC[C@H]5C(C)(C)[C@@H]([C@@H]6OC[C@@H](O[C@@H]7O[C@H](CO)[C@@H](O)[C@H](O[C@@H]8O[C@H](CO)[C@@H](O)[C@H](OC)[C@H]8O)[C@H]7O)[C@H](O)[C@H]6O[C@@H]6O[C@H](C)[C@@H](O[C@@H]7O[C@H](CO)[C@@H](O)[C@H](O[C@@H]8O[C@H](CO)[C@@H](O)[C@H](OC)[C@H]8O)[C@H]7O)[C@H](O)[C@H]6O)CC[C@]45C)[C@]2(C)CC[C@@H]31. The standard InChI is InChI=1S/C67H108O31/c1-26(2)12-11-17-66(8)37-16-19-65(7)28-13-14-36-63(4,5)29(15-18-64(36,6)30(28)20-38(72)67(37,65)62(84)98-66)51-56(43(77)35(25-87-51)93-58-48(82)54(41(75)33(23-70)89-58)95-59-46(80)52(85-9)39(73)31(21-68)90-59)97-57-45(79)44(78)50(27(3)88-57)94-61-49(83)55(42(76)34(24-71)92-61)96-60-47(81)53(86-10)40(74)32(22-69)91-60/h20,27-29,31-61,68-83H,1,11-19,21-25H2,2-10H3/t27-,28-,29-,31-,32-,33-,34-,35-,36+,37-,38+,39-,40-,41-,42-,43+,44-,45-,46-,47-,48-,49-,50-,51+,52+,53+,54+,55+,56-,57+,58+,59+,60+,61+,64-,65+,66+,67+/m1/s1. The molecular weight excluding hydrogens is 1300 g/mol. The maximum Gasteiger partial charge on any atom is 0.316 e. The Morgan fingerprint density at radius 1 is 0.541 bits per heavy atom. The number of hydrogen-bond donors (Lipinski definition) is 16. The van der Waals surface area contributed by atoms with E-state index < -0.39 is 250 Å². The van der Waals surface area contributed by atoms with Gasteiger partial charge in [-0.15, -0.1) is 6.58 Å². The van der Waals surface area contributed by atoms with Crippen LogP contribution in [0.25, 0.3) is 0 Å². The number of carbonyl (C=O) groups excluding carboxylic acids is 1. The molecule has 4 aliphatic carbocycles. The molecule has 7 saturated heterocycles. The summed E-state index contributed by atoms with van der Waals surface area (Å²) in [6.45, 7) is 14.5. The first-order valence-electron chi connectivity index (χ1n) is 34.7. The Hall–Kier alpha value is -2.21. The van der Waals surface area contributed by atoms with E-state index in [1.165, 1.54) is 21.1 Å². The minimum absolute atomic E-state index is 0.0688. The van der Waals surface area contributed by atoms with E-state index in [2.05, 4.69) is 34.3 Å². The summed E-state index contributed by atoms with van der Waals surface area (Å²) in [6.07, 6.45) is -41.2. The Morgan fingerprint density at radius 3 is 1.51 bits per heavy atom. The maximum atomic E-state index is 14.7. The van der Waals surface area contributed by atoms with Crippen LogP contribution in [0.1, 0.15) is 106 Å². The summed E-state index contributed by atoms with van der Waals surface area (Å²) in [5.74, 6) is -1.22. The fourth-order valence-electron chi connectivity index (χ4n) is 19.8. The van der Waals surface area contributed by atoms with Gasteiger partial charge in [-0.3, -0.25) is 4.79 Å².